The molecule has 7 nitrogen and oxygen atoms in total. The van der Waals surface area contributed by atoms with Crippen molar-refractivity contribution in [3.8, 4) is 11.3 Å². The molecule has 1 N–H and O–H groups in total. The fourth-order valence-electron chi connectivity index (χ4n) is 1.83. The molecule has 2 heterocycles. The minimum absolute atomic E-state index is 0.0550. The molecule has 0 atom stereocenters. The van der Waals surface area contributed by atoms with E-state index in [9.17, 15) is 14.7 Å². The highest BCUT2D eigenvalue weighted by Gasteiger charge is 2.16. The molecule has 0 radical (unpaired) electrons. The number of carbonyl (C=O) groups is 2. The summed E-state index contributed by atoms with van der Waals surface area (Å²) in [5.74, 6) is -0.779. The van der Waals surface area contributed by atoms with E-state index in [1.54, 1.807) is 13.0 Å². The number of rotatable bonds is 5. The number of pyridine rings is 1. The Bertz CT molecular complexity index is 691. The third-order valence-electron chi connectivity index (χ3n) is 2.83. The fraction of sp³-hybridized carbons (Fsp3) is 0.267. The SMILES string of the molecule is CCOC(=O)c1cc(-c2cc(C(=O)OC)co2)cc(CO)n1. The Morgan fingerprint density at radius 3 is 2.68 bits per heavy atom. The van der Waals surface area contributed by atoms with Crippen LogP contribution in [0, 0.1) is 0 Å². The lowest BCUT2D eigenvalue weighted by atomic mass is 10.1. The quantitative estimate of drug-likeness (QED) is 0.841. The van der Waals surface area contributed by atoms with Gasteiger partial charge < -0.3 is 19.0 Å². The minimum Gasteiger partial charge on any atom is -0.465 e. The van der Waals surface area contributed by atoms with Crippen LogP contribution in [0.5, 0.6) is 0 Å². The molecule has 2 rings (SSSR count). The maximum Gasteiger partial charge on any atom is 0.356 e. The summed E-state index contributed by atoms with van der Waals surface area (Å²) < 4.78 is 14.8. The maximum atomic E-state index is 11.8. The van der Waals surface area contributed by atoms with Crippen molar-refractivity contribution >= 4 is 11.9 Å². The molecule has 0 saturated heterocycles. The highest BCUT2D eigenvalue weighted by atomic mass is 16.5. The largest absolute Gasteiger partial charge is 0.465 e. The van der Waals surface area contributed by atoms with Crippen LogP contribution in [0.25, 0.3) is 11.3 Å². The average Bonchev–Trinajstić information content (AvgIpc) is 3.03. The molecule has 0 bridgehead atoms. The summed E-state index contributed by atoms with van der Waals surface area (Å²) in [7, 11) is 1.27. The van der Waals surface area contributed by atoms with Crippen LogP contribution >= 0.6 is 0 Å². The number of ether oxygens (including phenoxy) is 2. The molecule has 0 saturated carbocycles. The van der Waals surface area contributed by atoms with E-state index in [4.69, 9.17) is 9.15 Å². The Morgan fingerprint density at radius 1 is 1.27 bits per heavy atom. The first kappa shape index (κ1) is 15.7. The molecule has 2 aromatic heterocycles. The normalized spacial score (nSPS) is 10.3. The molecule has 0 aliphatic rings. The second-order valence-electron chi connectivity index (χ2n) is 4.30. The molecule has 0 amide bonds. The Labute approximate surface area is 126 Å². The number of hydrogen-bond donors (Lipinski definition) is 1. The number of carbonyl (C=O) groups excluding carboxylic acids is 2. The third-order valence-corrected chi connectivity index (χ3v) is 2.83. The van der Waals surface area contributed by atoms with E-state index in [-0.39, 0.29) is 30.2 Å². The van der Waals surface area contributed by atoms with Crippen LogP contribution in [-0.2, 0) is 16.1 Å². The Balaban J connectivity index is 2.41. The van der Waals surface area contributed by atoms with Gasteiger partial charge in [-0.15, -0.1) is 0 Å². The number of furan rings is 1. The summed E-state index contributed by atoms with van der Waals surface area (Å²) in [6, 6.07) is 4.51. The number of esters is 2. The maximum absolute atomic E-state index is 11.8. The lowest BCUT2D eigenvalue weighted by Gasteiger charge is -2.05. The highest BCUT2D eigenvalue weighted by molar-refractivity contribution is 5.91. The van der Waals surface area contributed by atoms with Gasteiger partial charge in [-0.3, -0.25) is 0 Å². The number of methoxy groups -OCH3 is 1. The van der Waals surface area contributed by atoms with E-state index in [1.165, 1.54) is 25.5 Å². The van der Waals surface area contributed by atoms with Crippen molar-refractivity contribution < 1.29 is 28.6 Å². The Hall–Kier alpha value is -2.67. The zero-order chi connectivity index (χ0) is 16.1. The number of aliphatic hydroxyl groups excluding tert-OH is 1. The number of hydrogen-bond acceptors (Lipinski definition) is 7. The van der Waals surface area contributed by atoms with Gasteiger partial charge in [0.05, 0.1) is 31.6 Å². The molecule has 22 heavy (non-hydrogen) atoms. The van der Waals surface area contributed by atoms with Crippen LogP contribution in [0.3, 0.4) is 0 Å². The summed E-state index contributed by atoms with van der Waals surface area (Å²) in [6.07, 6.45) is 1.25. The van der Waals surface area contributed by atoms with Crippen molar-refractivity contribution in [2.24, 2.45) is 0 Å². The first-order chi connectivity index (χ1) is 10.6. The van der Waals surface area contributed by atoms with E-state index < -0.39 is 11.9 Å². The summed E-state index contributed by atoms with van der Waals surface area (Å²) in [6.45, 7) is 1.56. The molecule has 0 aliphatic carbocycles. The van der Waals surface area contributed by atoms with Crippen molar-refractivity contribution in [3.63, 3.8) is 0 Å². The van der Waals surface area contributed by atoms with Gasteiger partial charge in [-0.05, 0) is 25.1 Å². The second kappa shape index (κ2) is 6.86. The summed E-state index contributed by atoms with van der Waals surface area (Å²) >= 11 is 0. The zero-order valence-corrected chi connectivity index (χ0v) is 12.2. The van der Waals surface area contributed by atoms with E-state index >= 15 is 0 Å². The van der Waals surface area contributed by atoms with Gasteiger partial charge in [0.15, 0.2) is 0 Å². The Morgan fingerprint density at radius 2 is 2.05 bits per heavy atom. The van der Waals surface area contributed by atoms with Gasteiger partial charge in [0.25, 0.3) is 0 Å². The van der Waals surface area contributed by atoms with Crippen molar-refractivity contribution in [3.05, 3.63) is 41.4 Å². The zero-order valence-electron chi connectivity index (χ0n) is 12.2. The molecule has 2 aromatic rings. The van der Waals surface area contributed by atoms with Crippen molar-refractivity contribution in [2.45, 2.75) is 13.5 Å². The van der Waals surface area contributed by atoms with Gasteiger partial charge in [0.2, 0.25) is 0 Å². The van der Waals surface area contributed by atoms with Crippen molar-refractivity contribution in [1.29, 1.82) is 0 Å². The van der Waals surface area contributed by atoms with Gasteiger partial charge >= 0.3 is 11.9 Å². The van der Waals surface area contributed by atoms with Crippen LogP contribution in [0.15, 0.2) is 28.9 Å². The van der Waals surface area contributed by atoms with E-state index in [1.807, 2.05) is 0 Å². The summed E-state index contributed by atoms with van der Waals surface area (Å²) in [4.78, 5) is 27.2. The first-order valence-corrected chi connectivity index (χ1v) is 6.55. The molecule has 0 aliphatic heterocycles. The molecule has 0 spiro atoms. The minimum atomic E-state index is -0.598. The predicted octanol–water partition coefficient (Wildman–Crippen LogP) is 1.80. The smallest absolute Gasteiger partial charge is 0.356 e. The predicted molar refractivity (Wildman–Crippen MR) is 75.2 cm³/mol. The fourth-order valence-corrected chi connectivity index (χ4v) is 1.83. The van der Waals surface area contributed by atoms with Crippen LogP contribution in [0.2, 0.25) is 0 Å². The Kier molecular flexibility index (Phi) is 4.90. The molecule has 0 aromatic carbocycles. The standard InChI is InChI=1S/C15H15NO6/c1-3-21-15(19)12-5-9(4-11(7-17)16-12)13-6-10(8-22-13)14(18)20-2/h4-6,8,17H,3,7H2,1-2H3. The molecule has 7 heteroatoms. The molecular formula is C15H15NO6. The second-order valence-corrected chi connectivity index (χ2v) is 4.30. The van der Waals surface area contributed by atoms with Gasteiger partial charge in [-0.25, -0.2) is 14.6 Å². The van der Waals surface area contributed by atoms with Gasteiger partial charge in [0, 0.05) is 5.56 Å². The van der Waals surface area contributed by atoms with Crippen LogP contribution in [-0.4, -0.2) is 35.7 Å². The number of nitrogens with zero attached hydrogens (tertiary/aromatic N) is 1. The number of aliphatic hydroxyl groups is 1. The average molecular weight is 305 g/mol. The van der Waals surface area contributed by atoms with Gasteiger partial charge in [-0.1, -0.05) is 0 Å². The summed E-state index contributed by atoms with van der Waals surface area (Å²) in [5.41, 5.74) is 1.09. The van der Waals surface area contributed by atoms with E-state index in [0.29, 0.717) is 11.3 Å². The van der Waals surface area contributed by atoms with Crippen LogP contribution in [0.4, 0.5) is 0 Å². The molecule has 116 valence electrons. The molecule has 0 unspecified atom stereocenters. The van der Waals surface area contributed by atoms with Gasteiger partial charge in [0.1, 0.15) is 17.7 Å². The van der Waals surface area contributed by atoms with E-state index in [0.717, 1.165) is 0 Å². The van der Waals surface area contributed by atoms with E-state index in [2.05, 4.69) is 9.72 Å². The number of aromatic nitrogens is 1. The molecule has 0 fully saturated rings. The first-order valence-electron chi connectivity index (χ1n) is 6.55. The topological polar surface area (TPSA) is 98.9 Å². The lowest BCUT2D eigenvalue weighted by Crippen LogP contribution is -2.09. The van der Waals surface area contributed by atoms with Crippen LogP contribution < -0.4 is 0 Å². The highest BCUT2D eigenvalue weighted by Crippen LogP contribution is 2.24. The molecular weight excluding hydrogens is 290 g/mol. The van der Waals surface area contributed by atoms with Crippen LogP contribution in [0.1, 0.15) is 33.5 Å². The summed E-state index contributed by atoms with van der Waals surface area (Å²) in [5, 5.41) is 9.26. The van der Waals surface area contributed by atoms with Gasteiger partial charge in [-0.2, -0.15) is 0 Å². The van der Waals surface area contributed by atoms with Crippen molar-refractivity contribution in [2.75, 3.05) is 13.7 Å². The lowest BCUT2D eigenvalue weighted by molar-refractivity contribution is 0.0518. The third kappa shape index (κ3) is 3.32. The monoisotopic (exact) mass is 305 g/mol. The van der Waals surface area contributed by atoms with Crippen molar-refractivity contribution in [1.82, 2.24) is 4.98 Å².